The molecule has 4 nitrogen and oxygen atoms in total. The zero-order chi connectivity index (χ0) is 14.1. The first-order valence-corrected chi connectivity index (χ1v) is 5.92. The number of alkyl halides is 3. The molecule has 0 unspecified atom stereocenters. The van der Waals surface area contributed by atoms with Crippen molar-refractivity contribution in [2.45, 2.75) is 17.3 Å². The SMILES string of the molecule is CC(=O)Nc1cc(S(=O)(=O)C(F)(F)F)ccc1F. The summed E-state index contributed by atoms with van der Waals surface area (Å²) in [6.45, 7) is 1.00. The Kier molecular flexibility index (Phi) is 3.65. The average molecular weight is 285 g/mol. The average Bonchev–Trinajstić information content (AvgIpc) is 2.18. The Balaban J connectivity index is 3.34. The number of carbonyl (C=O) groups is 1. The van der Waals surface area contributed by atoms with Crippen LogP contribution in [0.4, 0.5) is 23.2 Å². The number of carbonyl (C=O) groups excluding carboxylic acids is 1. The Morgan fingerprint density at radius 3 is 2.28 bits per heavy atom. The molecule has 0 heterocycles. The molecule has 0 saturated carbocycles. The molecule has 1 aromatic rings. The second-order valence-corrected chi connectivity index (χ2v) is 5.21. The fourth-order valence-corrected chi connectivity index (χ4v) is 1.88. The lowest BCUT2D eigenvalue weighted by Crippen LogP contribution is -2.23. The Hall–Kier alpha value is -1.64. The van der Waals surface area contributed by atoms with Gasteiger partial charge >= 0.3 is 5.51 Å². The molecule has 0 aromatic heterocycles. The number of rotatable bonds is 2. The van der Waals surface area contributed by atoms with Crippen LogP contribution < -0.4 is 5.32 Å². The summed E-state index contributed by atoms with van der Waals surface area (Å²) < 4.78 is 71.9. The topological polar surface area (TPSA) is 63.2 Å². The van der Waals surface area contributed by atoms with Gasteiger partial charge in [-0.3, -0.25) is 4.79 Å². The van der Waals surface area contributed by atoms with Gasteiger partial charge in [-0.25, -0.2) is 12.8 Å². The van der Waals surface area contributed by atoms with Gasteiger partial charge in [-0.1, -0.05) is 0 Å². The molecule has 1 aromatic carbocycles. The van der Waals surface area contributed by atoms with Crippen molar-refractivity contribution in [1.82, 2.24) is 0 Å². The Morgan fingerprint density at radius 2 is 1.83 bits per heavy atom. The molecular formula is C9H7F4NO3S. The van der Waals surface area contributed by atoms with Crippen molar-refractivity contribution in [2.24, 2.45) is 0 Å². The van der Waals surface area contributed by atoms with Gasteiger partial charge in [0.1, 0.15) is 5.82 Å². The summed E-state index contributed by atoms with van der Waals surface area (Å²) >= 11 is 0. The molecule has 1 amide bonds. The van der Waals surface area contributed by atoms with Crippen LogP contribution in [0.15, 0.2) is 23.1 Å². The Morgan fingerprint density at radius 1 is 1.28 bits per heavy atom. The van der Waals surface area contributed by atoms with Gasteiger partial charge in [0.2, 0.25) is 5.91 Å². The summed E-state index contributed by atoms with van der Waals surface area (Å²) in [5.74, 6) is -1.78. The Bertz CT molecular complexity index is 580. The zero-order valence-electron chi connectivity index (χ0n) is 8.88. The van der Waals surface area contributed by atoms with Crippen molar-refractivity contribution in [3.63, 3.8) is 0 Å². The monoisotopic (exact) mass is 285 g/mol. The van der Waals surface area contributed by atoms with E-state index in [-0.39, 0.29) is 0 Å². The maximum Gasteiger partial charge on any atom is 0.501 e. The van der Waals surface area contributed by atoms with E-state index < -0.39 is 37.7 Å². The highest BCUT2D eigenvalue weighted by molar-refractivity contribution is 7.92. The molecule has 0 aliphatic rings. The molecule has 100 valence electrons. The van der Waals surface area contributed by atoms with E-state index in [0.717, 1.165) is 6.92 Å². The third-order valence-corrected chi connectivity index (χ3v) is 3.35. The van der Waals surface area contributed by atoms with E-state index in [0.29, 0.717) is 18.2 Å². The van der Waals surface area contributed by atoms with Crippen molar-refractivity contribution in [1.29, 1.82) is 0 Å². The summed E-state index contributed by atoms with van der Waals surface area (Å²) in [5, 5.41) is 1.89. The number of nitrogens with one attached hydrogen (secondary N) is 1. The molecule has 18 heavy (non-hydrogen) atoms. The second-order valence-electron chi connectivity index (χ2n) is 3.27. The quantitative estimate of drug-likeness (QED) is 0.668. The minimum atomic E-state index is -5.57. The van der Waals surface area contributed by atoms with E-state index in [9.17, 15) is 30.8 Å². The summed E-state index contributed by atoms with van der Waals surface area (Å²) in [4.78, 5) is 9.54. The maximum atomic E-state index is 13.1. The molecule has 1 rings (SSSR count). The van der Waals surface area contributed by atoms with Gasteiger partial charge in [0.25, 0.3) is 9.84 Å². The maximum absolute atomic E-state index is 13.1. The zero-order valence-corrected chi connectivity index (χ0v) is 9.69. The van der Waals surface area contributed by atoms with Crippen molar-refractivity contribution in [2.75, 3.05) is 5.32 Å². The molecule has 9 heteroatoms. The molecule has 0 bridgehead atoms. The molecule has 0 fully saturated rings. The van der Waals surface area contributed by atoms with E-state index in [4.69, 9.17) is 0 Å². The van der Waals surface area contributed by atoms with Gasteiger partial charge in [-0.2, -0.15) is 13.2 Å². The third-order valence-electron chi connectivity index (χ3n) is 1.86. The van der Waals surface area contributed by atoms with Gasteiger partial charge in [0.05, 0.1) is 10.6 Å². The van der Waals surface area contributed by atoms with Crippen LogP contribution >= 0.6 is 0 Å². The number of amides is 1. The second kappa shape index (κ2) is 4.56. The third kappa shape index (κ3) is 2.78. The first-order valence-electron chi connectivity index (χ1n) is 4.44. The summed E-state index contributed by atoms with van der Waals surface area (Å²) in [6.07, 6.45) is 0. The standard InChI is InChI=1S/C9H7F4NO3S/c1-5(15)14-8-4-6(2-3-7(8)10)18(16,17)9(11,12)13/h2-4H,1H3,(H,14,15). The lowest BCUT2D eigenvalue weighted by Gasteiger charge is -2.10. The van der Waals surface area contributed by atoms with Crippen molar-refractivity contribution < 1.29 is 30.8 Å². The molecule has 1 N–H and O–H groups in total. The lowest BCUT2D eigenvalue weighted by molar-refractivity contribution is -0.114. The largest absolute Gasteiger partial charge is 0.501 e. The van der Waals surface area contributed by atoms with Crippen molar-refractivity contribution in [3.05, 3.63) is 24.0 Å². The predicted molar refractivity (Wildman–Crippen MR) is 53.9 cm³/mol. The van der Waals surface area contributed by atoms with E-state index in [2.05, 4.69) is 0 Å². The number of hydrogen-bond acceptors (Lipinski definition) is 3. The van der Waals surface area contributed by atoms with Gasteiger partial charge in [-0.05, 0) is 18.2 Å². The van der Waals surface area contributed by atoms with E-state index in [1.807, 2.05) is 5.32 Å². The molecular weight excluding hydrogens is 278 g/mol. The van der Waals surface area contributed by atoms with Gasteiger partial charge in [0.15, 0.2) is 0 Å². The fourth-order valence-electron chi connectivity index (χ4n) is 1.09. The molecule has 0 radical (unpaired) electrons. The molecule has 0 spiro atoms. The van der Waals surface area contributed by atoms with Crippen molar-refractivity contribution >= 4 is 21.4 Å². The van der Waals surface area contributed by atoms with Crippen LogP contribution in [0.25, 0.3) is 0 Å². The first kappa shape index (κ1) is 14.4. The van der Waals surface area contributed by atoms with Crippen LogP contribution in [0.2, 0.25) is 0 Å². The van der Waals surface area contributed by atoms with Crippen molar-refractivity contribution in [3.8, 4) is 0 Å². The highest BCUT2D eigenvalue weighted by Crippen LogP contribution is 2.32. The summed E-state index contributed by atoms with van der Waals surface area (Å²) in [5.41, 5.74) is -6.12. The van der Waals surface area contributed by atoms with Crippen LogP contribution in [0.1, 0.15) is 6.92 Å². The van der Waals surface area contributed by atoms with Crippen LogP contribution in [-0.4, -0.2) is 19.8 Å². The number of anilines is 1. The molecule has 0 aliphatic carbocycles. The minimum Gasteiger partial charge on any atom is -0.324 e. The van der Waals surface area contributed by atoms with Crippen LogP contribution in [-0.2, 0) is 14.6 Å². The van der Waals surface area contributed by atoms with Crippen LogP contribution in [0.3, 0.4) is 0 Å². The van der Waals surface area contributed by atoms with Crippen LogP contribution in [0.5, 0.6) is 0 Å². The summed E-state index contributed by atoms with van der Waals surface area (Å²) in [7, 11) is -5.57. The van der Waals surface area contributed by atoms with Gasteiger partial charge < -0.3 is 5.32 Å². The normalized spacial score (nSPS) is 12.3. The molecule has 0 aliphatic heterocycles. The predicted octanol–water partition coefficient (Wildman–Crippen LogP) is 2.08. The fraction of sp³-hybridized carbons (Fsp3) is 0.222. The number of halogens is 4. The van der Waals surface area contributed by atoms with E-state index in [1.165, 1.54) is 0 Å². The smallest absolute Gasteiger partial charge is 0.324 e. The first-order chi connectivity index (χ1) is 8.05. The number of sulfone groups is 1. The highest BCUT2D eigenvalue weighted by atomic mass is 32.2. The molecule has 0 saturated heterocycles. The Labute approximate surface area is 99.5 Å². The van der Waals surface area contributed by atoms with Gasteiger partial charge in [0, 0.05) is 6.92 Å². The minimum absolute atomic E-state index is 0.416. The molecule has 0 atom stereocenters. The highest BCUT2D eigenvalue weighted by Gasteiger charge is 2.47. The van der Waals surface area contributed by atoms with Crippen LogP contribution in [0, 0.1) is 5.82 Å². The summed E-state index contributed by atoms with van der Waals surface area (Å²) in [6, 6.07) is 1.42. The lowest BCUT2D eigenvalue weighted by atomic mass is 10.3. The van der Waals surface area contributed by atoms with Gasteiger partial charge in [-0.15, -0.1) is 0 Å². The number of benzene rings is 1. The number of hydrogen-bond donors (Lipinski definition) is 1. The van der Waals surface area contributed by atoms with E-state index in [1.54, 1.807) is 0 Å². The van der Waals surface area contributed by atoms with E-state index >= 15 is 0 Å².